The summed E-state index contributed by atoms with van der Waals surface area (Å²) in [4.78, 5) is 4.52. The van der Waals surface area contributed by atoms with Gasteiger partial charge in [0.25, 0.3) is 0 Å². The van der Waals surface area contributed by atoms with Crippen molar-refractivity contribution in [3.63, 3.8) is 0 Å². The third-order valence-corrected chi connectivity index (χ3v) is 3.22. The van der Waals surface area contributed by atoms with E-state index in [1.807, 2.05) is 36.4 Å². The molecule has 2 rings (SSSR count). The molecule has 1 heterocycles. The van der Waals surface area contributed by atoms with Crippen LogP contribution in [0.2, 0.25) is 0 Å². The van der Waals surface area contributed by atoms with Crippen LogP contribution < -0.4 is 0 Å². The largest absolute Gasteiger partial charge is 0.387 e. The molecule has 2 heteroatoms. The number of aromatic nitrogens is 1. The smallest absolute Gasteiger partial charge is 0.0960 e. The predicted molar refractivity (Wildman–Crippen MR) is 75.4 cm³/mol. The van der Waals surface area contributed by atoms with E-state index >= 15 is 0 Å². The Kier molecular flexibility index (Phi) is 4.32. The van der Waals surface area contributed by atoms with E-state index in [-0.39, 0.29) is 0 Å². The number of aliphatic hydroxyl groups excluding tert-OH is 1. The topological polar surface area (TPSA) is 33.1 Å². The highest BCUT2D eigenvalue weighted by atomic mass is 16.3. The zero-order chi connectivity index (χ0) is 13.0. The van der Waals surface area contributed by atoms with Crippen molar-refractivity contribution in [3.05, 3.63) is 42.1 Å². The van der Waals surface area contributed by atoms with Crippen LogP contribution in [0.4, 0.5) is 0 Å². The zero-order valence-corrected chi connectivity index (χ0v) is 11.1. The number of aliphatic hydroxyl groups is 1. The summed E-state index contributed by atoms with van der Waals surface area (Å²) in [5, 5.41) is 11.3. The van der Waals surface area contributed by atoms with Crippen LogP contribution in [0.3, 0.4) is 0 Å². The fourth-order valence-electron chi connectivity index (χ4n) is 2.13. The number of fused-ring (bicyclic) bond motifs is 1. The summed E-state index contributed by atoms with van der Waals surface area (Å²) < 4.78 is 0. The second-order valence-electron chi connectivity index (χ2n) is 5.27. The Morgan fingerprint density at radius 1 is 1.06 bits per heavy atom. The summed E-state index contributed by atoms with van der Waals surface area (Å²) in [6.45, 7) is 4.42. The molecule has 0 bridgehead atoms. The van der Waals surface area contributed by atoms with Gasteiger partial charge in [-0.15, -0.1) is 0 Å². The number of benzene rings is 1. The van der Waals surface area contributed by atoms with Crippen LogP contribution in [0.5, 0.6) is 0 Å². The van der Waals surface area contributed by atoms with Crippen molar-refractivity contribution < 1.29 is 5.11 Å². The number of para-hydroxylation sites is 1. The van der Waals surface area contributed by atoms with Gasteiger partial charge < -0.3 is 5.11 Å². The van der Waals surface area contributed by atoms with E-state index in [0.29, 0.717) is 5.92 Å². The Hall–Kier alpha value is -1.41. The number of pyridine rings is 1. The first kappa shape index (κ1) is 13.0. The highest BCUT2D eigenvalue weighted by Gasteiger charge is 2.09. The SMILES string of the molecule is CC(C)CCCC(O)c1ccc2ccccc2n1. The fraction of sp³-hybridized carbons (Fsp3) is 0.438. The zero-order valence-electron chi connectivity index (χ0n) is 11.1. The molecule has 1 aromatic carbocycles. The van der Waals surface area contributed by atoms with Gasteiger partial charge in [-0.25, -0.2) is 0 Å². The maximum absolute atomic E-state index is 10.1. The summed E-state index contributed by atoms with van der Waals surface area (Å²) in [5.74, 6) is 0.696. The Balaban J connectivity index is 2.06. The van der Waals surface area contributed by atoms with Crippen molar-refractivity contribution in [1.82, 2.24) is 4.98 Å². The lowest BCUT2D eigenvalue weighted by atomic mass is 10.0. The third-order valence-electron chi connectivity index (χ3n) is 3.22. The highest BCUT2D eigenvalue weighted by molar-refractivity contribution is 5.78. The van der Waals surface area contributed by atoms with Crippen molar-refractivity contribution >= 4 is 10.9 Å². The number of hydrogen-bond acceptors (Lipinski definition) is 2. The van der Waals surface area contributed by atoms with Crippen molar-refractivity contribution in [3.8, 4) is 0 Å². The Bertz CT molecular complexity index is 507. The van der Waals surface area contributed by atoms with Crippen molar-refractivity contribution in [2.45, 2.75) is 39.2 Å². The minimum Gasteiger partial charge on any atom is -0.387 e. The van der Waals surface area contributed by atoms with Crippen LogP contribution in [0.15, 0.2) is 36.4 Å². The second kappa shape index (κ2) is 5.96. The Morgan fingerprint density at radius 2 is 1.83 bits per heavy atom. The number of hydrogen-bond donors (Lipinski definition) is 1. The van der Waals surface area contributed by atoms with Gasteiger partial charge in [0.15, 0.2) is 0 Å². The van der Waals surface area contributed by atoms with Gasteiger partial charge in [0.05, 0.1) is 17.3 Å². The van der Waals surface area contributed by atoms with Crippen LogP contribution in [-0.2, 0) is 0 Å². The predicted octanol–water partition coefficient (Wildman–Crippen LogP) is 4.09. The summed E-state index contributed by atoms with van der Waals surface area (Å²) in [6.07, 6.45) is 2.56. The van der Waals surface area contributed by atoms with Crippen LogP contribution in [0.1, 0.15) is 44.9 Å². The molecule has 96 valence electrons. The van der Waals surface area contributed by atoms with E-state index < -0.39 is 6.10 Å². The molecule has 1 N–H and O–H groups in total. The van der Waals surface area contributed by atoms with E-state index in [9.17, 15) is 5.11 Å². The van der Waals surface area contributed by atoms with E-state index in [1.165, 1.54) is 0 Å². The van der Waals surface area contributed by atoms with E-state index in [0.717, 1.165) is 35.9 Å². The summed E-state index contributed by atoms with van der Waals surface area (Å²) in [5.41, 5.74) is 1.75. The van der Waals surface area contributed by atoms with Gasteiger partial charge in [-0.2, -0.15) is 0 Å². The summed E-state index contributed by atoms with van der Waals surface area (Å²) >= 11 is 0. The molecular formula is C16H21NO. The quantitative estimate of drug-likeness (QED) is 0.857. The van der Waals surface area contributed by atoms with Crippen molar-refractivity contribution in [2.24, 2.45) is 5.92 Å². The third kappa shape index (κ3) is 3.30. The van der Waals surface area contributed by atoms with Crippen LogP contribution >= 0.6 is 0 Å². The first-order chi connectivity index (χ1) is 8.66. The molecule has 0 aliphatic carbocycles. The van der Waals surface area contributed by atoms with E-state index in [4.69, 9.17) is 0 Å². The van der Waals surface area contributed by atoms with Gasteiger partial charge in [0.1, 0.15) is 0 Å². The van der Waals surface area contributed by atoms with E-state index in [1.54, 1.807) is 0 Å². The van der Waals surface area contributed by atoms with Gasteiger partial charge in [-0.1, -0.05) is 51.0 Å². The summed E-state index contributed by atoms with van der Waals surface area (Å²) in [6, 6.07) is 12.0. The molecular weight excluding hydrogens is 222 g/mol. The van der Waals surface area contributed by atoms with Crippen molar-refractivity contribution in [1.29, 1.82) is 0 Å². The molecule has 0 radical (unpaired) electrons. The number of nitrogens with zero attached hydrogens (tertiary/aromatic N) is 1. The maximum Gasteiger partial charge on any atom is 0.0960 e. The molecule has 0 saturated heterocycles. The van der Waals surface area contributed by atoms with Crippen molar-refractivity contribution in [2.75, 3.05) is 0 Å². The van der Waals surface area contributed by atoms with Gasteiger partial charge in [0.2, 0.25) is 0 Å². The van der Waals surface area contributed by atoms with Gasteiger partial charge >= 0.3 is 0 Å². The first-order valence-electron chi connectivity index (χ1n) is 6.70. The first-order valence-corrected chi connectivity index (χ1v) is 6.70. The average Bonchev–Trinajstić information content (AvgIpc) is 2.37. The molecule has 0 spiro atoms. The molecule has 18 heavy (non-hydrogen) atoms. The van der Waals surface area contributed by atoms with Gasteiger partial charge in [0, 0.05) is 5.39 Å². The molecule has 0 fully saturated rings. The molecule has 1 aromatic heterocycles. The number of rotatable bonds is 5. The average molecular weight is 243 g/mol. The molecule has 0 amide bonds. The standard InChI is InChI=1S/C16H21NO/c1-12(2)6-5-9-16(18)15-11-10-13-7-3-4-8-14(13)17-15/h3-4,7-8,10-12,16,18H,5-6,9H2,1-2H3. The van der Waals surface area contributed by atoms with E-state index in [2.05, 4.69) is 18.8 Å². The highest BCUT2D eigenvalue weighted by Crippen LogP contribution is 2.21. The van der Waals surface area contributed by atoms with Crippen LogP contribution in [0.25, 0.3) is 10.9 Å². The summed E-state index contributed by atoms with van der Waals surface area (Å²) in [7, 11) is 0. The molecule has 0 aliphatic rings. The maximum atomic E-state index is 10.1. The fourth-order valence-corrected chi connectivity index (χ4v) is 2.13. The molecule has 0 aliphatic heterocycles. The minimum absolute atomic E-state index is 0.437. The lowest BCUT2D eigenvalue weighted by molar-refractivity contribution is 0.158. The minimum atomic E-state index is -0.437. The van der Waals surface area contributed by atoms with Crippen LogP contribution in [-0.4, -0.2) is 10.1 Å². The van der Waals surface area contributed by atoms with Gasteiger partial charge in [-0.05, 0) is 24.5 Å². The molecule has 2 aromatic rings. The molecule has 0 saturated carbocycles. The Labute approximate surface area is 109 Å². The Morgan fingerprint density at radius 3 is 2.61 bits per heavy atom. The molecule has 2 nitrogen and oxygen atoms in total. The molecule has 1 unspecified atom stereocenters. The second-order valence-corrected chi connectivity index (χ2v) is 5.27. The van der Waals surface area contributed by atoms with Crippen LogP contribution in [0, 0.1) is 5.92 Å². The lowest BCUT2D eigenvalue weighted by Crippen LogP contribution is -2.01. The normalized spacial score (nSPS) is 13.1. The monoisotopic (exact) mass is 243 g/mol. The lowest BCUT2D eigenvalue weighted by Gasteiger charge is -2.11. The van der Waals surface area contributed by atoms with Gasteiger partial charge in [-0.3, -0.25) is 4.98 Å². The molecule has 1 atom stereocenters.